The van der Waals surface area contributed by atoms with Gasteiger partial charge in [-0.15, -0.1) is 11.8 Å². The summed E-state index contributed by atoms with van der Waals surface area (Å²) < 4.78 is 5.98. The summed E-state index contributed by atoms with van der Waals surface area (Å²) in [6.07, 6.45) is 2.90. The van der Waals surface area contributed by atoms with E-state index in [1.54, 1.807) is 16.7 Å². The summed E-state index contributed by atoms with van der Waals surface area (Å²) in [5, 5.41) is 3.01. The van der Waals surface area contributed by atoms with E-state index in [0.29, 0.717) is 6.54 Å². The predicted octanol–water partition coefficient (Wildman–Crippen LogP) is 4.93. The van der Waals surface area contributed by atoms with Gasteiger partial charge in [-0.05, 0) is 55.5 Å². The molecule has 4 nitrogen and oxygen atoms in total. The standard InChI is InChI=1S/C19H22N2O2S/c1-4-15-12-21(17-10-13(2)8-9-18(17)23-15)19(22)20-14-6-5-7-16(11-14)24-3/h5-11,15H,4,12H2,1-3H3,(H,20,22)/t15-/m0/s1. The number of aryl methyl sites for hydroxylation is 1. The van der Waals surface area contributed by atoms with Crippen molar-refractivity contribution in [3.05, 3.63) is 48.0 Å². The van der Waals surface area contributed by atoms with Crippen molar-refractivity contribution in [3.8, 4) is 5.75 Å². The quantitative estimate of drug-likeness (QED) is 0.805. The van der Waals surface area contributed by atoms with Crippen LogP contribution in [-0.4, -0.2) is 24.9 Å². The molecule has 1 aliphatic rings. The van der Waals surface area contributed by atoms with Gasteiger partial charge in [0.25, 0.3) is 0 Å². The monoisotopic (exact) mass is 342 g/mol. The minimum absolute atomic E-state index is 0.0171. The van der Waals surface area contributed by atoms with Gasteiger partial charge in [0, 0.05) is 10.6 Å². The van der Waals surface area contributed by atoms with Crippen molar-refractivity contribution in [1.82, 2.24) is 0 Å². The first kappa shape index (κ1) is 16.7. The van der Waals surface area contributed by atoms with Crippen LogP contribution < -0.4 is 15.0 Å². The molecule has 2 amide bonds. The summed E-state index contributed by atoms with van der Waals surface area (Å²) in [5.74, 6) is 0.770. The number of hydrogen-bond donors (Lipinski definition) is 1. The van der Waals surface area contributed by atoms with E-state index in [4.69, 9.17) is 4.74 Å². The number of carbonyl (C=O) groups is 1. The third-order valence-electron chi connectivity index (χ3n) is 4.11. The molecule has 1 atom stereocenters. The van der Waals surface area contributed by atoms with E-state index in [1.165, 1.54) is 0 Å². The molecule has 3 rings (SSSR count). The van der Waals surface area contributed by atoms with Gasteiger partial charge in [0.05, 0.1) is 12.2 Å². The molecule has 0 radical (unpaired) electrons. The first-order valence-corrected chi connectivity index (χ1v) is 9.33. The number of benzene rings is 2. The Morgan fingerprint density at radius 3 is 2.92 bits per heavy atom. The first-order chi connectivity index (χ1) is 11.6. The molecular weight excluding hydrogens is 320 g/mol. The Labute approximate surface area is 147 Å². The van der Waals surface area contributed by atoms with Crippen molar-refractivity contribution in [3.63, 3.8) is 0 Å². The fraction of sp³-hybridized carbons (Fsp3) is 0.316. The average Bonchev–Trinajstić information content (AvgIpc) is 2.60. The molecule has 1 N–H and O–H groups in total. The molecule has 0 saturated heterocycles. The zero-order valence-corrected chi connectivity index (χ0v) is 15.0. The fourth-order valence-electron chi connectivity index (χ4n) is 2.75. The Morgan fingerprint density at radius 2 is 2.17 bits per heavy atom. The fourth-order valence-corrected chi connectivity index (χ4v) is 3.21. The second-order valence-electron chi connectivity index (χ2n) is 5.89. The van der Waals surface area contributed by atoms with E-state index in [0.717, 1.165) is 34.0 Å². The van der Waals surface area contributed by atoms with E-state index >= 15 is 0 Å². The Balaban J connectivity index is 1.87. The highest BCUT2D eigenvalue weighted by molar-refractivity contribution is 7.98. The molecule has 0 spiro atoms. The van der Waals surface area contributed by atoms with Crippen molar-refractivity contribution >= 4 is 29.2 Å². The van der Waals surface area contributed by atoms with Gasteiger partial charge in [-0.2, -0.15) is 0 Å². The molecule has 2 aromatic carbocycles. The second kappa shape index (κ2) is 7.18. The Bertz CT molecular complexity index is 748. The average molecular weight is 342 g/mol. The van der Waals surface area contributed by atoms with Crippen molar-refractivity contribution in [2.75, 3.05) is 23.0 Å². The molecule has 24 heavy (non-hydrogen) atoms. The lowest BCUT2D eigenvalue weighted by atomic mass is 10.1. The number of ether oxygens (including phenoxy) is 1. The minimum atomic E-state index is -0.123. The number of nitrogens with one attached hydrogen (secondary N) is 1. The summed E-state index contributed by atoms with van der Waals surface area (Å²) in [4.78, 5) is 15.8. The lowest BCUT2D eigenvalue weighted by molar-refractivity contribution is 0.188. The maximum Gasteiger partial charge on any atom is 0.326 e. The number of hydrogen-bond acceptors (Lipinski definition) is 3. The highest BCUT2D eigenvalue weighted by Gasteiger charge is 2.29. The zero-order chi connectivity index (χ0) is 17.1. The third kappa shape index (κ3) is 3.51. The number of anilines is 2. The van der Waals surface area contributed by atoms with Crippen molar-refractivity contribution in [2.45, 2.75) is 31.3 Å². The summed E-state index contributed by atoms with van der Waals surface area (Å²) >= 11 is 1.66. The van der Waals surface area contributed by atoms with Crippen LogP contribution in [0, 0.1) is 6.92 Å². The topological polar surface area (TPSA) is 41.6 Å². The smallest absolute Gasteiger partial charge is 0.326 e. The highest BCUT2D eigenvalue weighted by atomic mass is 32.2. The summed E-state index contributed by atoms with van der Waals surface area (Å²) in [7, 11) is 0. The van der Waals surface area contributed by atoms with Gasteiger partial charge in [-0.3, -0.25) is 4.90 Å². The van der Waals surface area contributed by atoms with Gasteiger partial charge in [0.1, 0.15) is 11.9 Å². The lowest BCUT2D eigenvalue weighted by Crippen LogP contribution is -2.45. The van der Waals surface area contributed by atoms with Crippen LogP contribution in [-0.2, 0) is 0 Å². The maximum atomic E-state index is 12.9. The zero-order valence-electron chi connectivity index (χ0n) is 14.2. The number of rotatable bonds is 3. The van der Waals surface area contributed by atoms with Crippen molar-refractivity contribution in [1.29, 1.82) is 0 Å². The molecule has 5 heteroatoms. The number of fused-ring (bicyclic) bond motifs is 1. The van der Waals surface area contributed by atoms with Gasteiger partial charge in [-0.25, -0.2) is 4.79 Å². The molecular formula is C19H22N2O2S. The summed E-state index contributed by atoms with van der Waals surface area (Å²) in [6, 6.07) is 13.7. The maximum absolute atomic E-state index is 12.9. The number of nitrogens with zero attached hydrogens (tertiary/aromatic N) is 1. The largest absolute Gasteiger partial charge is 0.486 e. The summed E-state index contributed by atoms with van der Waals surface area (Å²) in [5.41, 5.74) is 2.74. The van der Waals surface area contributed by atoms with Crippen LogP contribution in [0.1, 0.15) is 18.9 Å². The number of thioether (sulfide) groups is 1. The van der Waals surface area contributed by atoms with Crippen LogP contribution in [0.5, 0.6) is 5.75 Å². The Hall–Kier alpha value is -2.14. The minimum Gasteiger partial charge on any atom is -0.486 e. The molecule has 0 saturated carbocycles. The predicted molar refractivity (Wildman–Crippen MR) is 100 cm³/mol. The molecule has 126 valence electrons. The summed E-state index contributed by atoms with van der Waals surface area (Å²) in [6.45, 7) is 4.65. The second-order valence-corrected chi connectivity index (χ2v) is 6.77. The molecule has 2 aromatic rings. The third-order valence-corrected chi connectivity index (χ3v) is 4.83. The number of urea groups is 1. The van der Waals surface area contributed by atoms with Crippen molar-refractivity contribution < 1.29 is 9.53 Å². The Kier molecular flexibility index (Phi) is 5.00. The van der Waals surface area contributed by atoms with Gasteiger partial charge in [0.15, 0.2) is 0 Å². The van der Waals surface area contributed by atoms with Gasteiger partial charge < -0.3 is 10.1 Å². The highest BCUT2D eigenvalue weighted by Crippen LogP contribution is 2.35. The van der Waals surface area contributed by atoms with E-state index in [9.17, 15) is 4.79 Å². The number of amides is 2. The molecule has 1 aliphatic heterocycles. The van der Waals surface area contributed by atoms with E-state index in [-0.39, 0.29) is 12.1 Å². The van der Waals surface area contributed by atoms with Crippen LogP contribution in [0.25, 0.3) is 0 Å². The lowest BCUT2D eigenvalue weighted by Gasteiger charge is -2.34. The molecule has 0 aromatic heterocycles. The van der Waals surface area contributed by atoms with Crippen LogP contribution >= 0.6 is 11.8 Å². The van der Waals surface area contributed by atoms with Crippen LogP contribution in [0.3, 0.4) is 0 Å². The molecule has 0 fully saturated rings. The first-order valence-electron chi connectivity index (χ1n) is 8.10. The van der Waals surface area contributed by atoms with Crippen molar-refractivity contribution in [2.24, 2.45) is 0 Å². The van der Waals surface area contributed by atoms with Gasteiger partial charge >= 0.3 is 6.03 Å². The molecule has 0 bridgehead atoms. The van der Waals surface area contributed by atoms with Gasteiger partial charge in [0.2, 0.25) is 0 Å². The molecule has 0 unspecified atom stereocenters. The van der Waals surface area contributed by atoms with E-state index in [1.807, 2.05) is 55.6 Å². The normalized spacial score (nSPS) is 16.3. The SMILES string of the molecule is CC[C@H]1CN(C(=O)Nc2cccc(SC)c2)c2cc(C)ccc2O1. The van der Waals surface area contributed by atoms with Crippen LogP contribution in [0.2, 0.25) is 0 Å². The van der Waals surface area contributed by atoms with Crippen LogP contribution in [0.15, 0.2) is 47.4 Å². The van der Waals surface area contributed by atoms with E-state index in [2.05, 4.69) is 12.2 Å². The Morgan fingerprint density at radius 1 is 1.33 bits per heavy atom. The van der Waals surface area contributed by atoms with Crippen LogP contribution in [0.4, 0.5) is 16.2 Å². The van der Waals surface area contributed by atoms with E-state index < -0.39 is 0 Å². The van der Waals surface area contributed by atoms with Gasteiger partial charge in [-0.1, -0.05) is 19.1 Å². The molecule has 1 heterocycles. The molecule has 0 aliphatic carbocycles. The number of carbonyl (C=O) groups excluding carboxylic acids is 1.